The lowest BCUT2D eigenvalue weighted by atomic mass is 10.1. The Balaban J connectivity index is 2.13. The maximum Gasteiger partial charge on any atom is 0.226 e. The van der Waals surface area contributed by atoms with Crippen LogP contribution in [0.5, 0.6) is 0 Å². The van der Waals surface area contributed by atoms with Crippen molar-refractivity contribution in [3.63, 3.8) is 0 Å². The average Bonchev–Trinajstić information content (AvgIpc) is 2.48. The van der Waals surface area contributed by atoms with E-state index in [1.807, 2.05) is 41.6 Å². The van der Waals surface area contributed by atoms with Crippen molar-refractivity contribution >= 4 is 34.2 Å². The molecule has 1 heterocycles. The molecule has 1 aromatic rings. The number of carbonyl (C=O) groups is 1. The molecule has 0 aromatic heterocycles. The molecule has 5 nitrogen and oxygen atoms in total. The van der Waals surface area contributed by atoms with E-state index in [9.17, 15) is 4.79 Å². The highest BCUT2D eigenvalue weighted by Gasteiger charge is 2.19. The zero-order chi connectivity index (χ0) is 14.4. The summed E-state index contributed by atoms with van der Waals surface area (Å²) in [7, 11) is 0. The van der Waals surface area contributed by atoms with E-state index in [-0.39, 0.29) is 5.91 Å². The van der Waals surface area contributed by atoms with Gasteiger partial charge in [0.1, 0.15) is 0 Å². The van der Waals surface area contributed by atoms with Crippen LogP contribution in [0, 0.1) is 11.5 Å². The Hall–Kier alpha value is -2.00. The third-order valence-electron chi connectivity index (χ3n) is 3.07. The lowest BCUT2D eigenvalue weighted by molar-refractivity contribution is -0.119. The predicted molar refractivity (Wildman–Crippen MR) is 82.0 cm³/mol. The summed E-state index contributed by atoms with van der Waals surface area (Å²) >= 11 is 1.37. The molecule has 0 saturated carbocycles. The number of benzene rings is 1. The third-order valence-corrected chi connectivity index (χ3v) is 3.65. The van der Waals surface area contributed by atoms with Crippen molar-refractivity contribution in [1.82, 2.24) is 5.32 Å². The van der Waals surface area contributed by atoms with Crippen molar-refractivity contribution in [2.24, 2.45) is 4.99 Å². The molecular formula is C14H16N4OS. The molecule has 20 heavy (non-hydrogen) atoms. The van der Waals surface area contributed by atoms with Crippen LogP contribution in [0.2, 0.25) is 0 Å². The lowest BCUT2D eigenvalue weighted by Gasteiger charge is -2.26. The molecule has 1 aromatic carbocycles. The number of anilines is 1. The summed E-state index contributed by atoms with van der Waals surface area (Å²) < 4.78 is 0. The summed E-state index contributed by atoms with van der Waals surface area (Å²) in [5.41, 5.74) is 1.66. The van der Waals surface area contributed by atoms with Gasteiger partial charge in [-0.3, -0.25) is 10.1 Å². The lowest BCUT2D eigenvalue weighted by Crippen LogP contribution is -2.35. The molecule has 1 aliphatic heterocycles. The highest BCUT2D eigenvalue weighted by Crippen LogP contribution is 2.24. The number of hydrogen-bond acceptors (Lipinski definition) is 4. The van der Waals surface area contributed by atoms with E-state index in [0.717, 1.165) is 30.8 Å². The van der Waals surface area contributed by atoms with E-state index < -0.39 is 0 Å². The quantitative estimate of drug-likeness (QED) is 0.393. The van der Waals surface area contributed by atoms with Crippen LogP contribution < -0.4 is 10.2 Å². The van der Waals surface area contributed by atoms with Gasteiger partial charge in [0.2, 0.25) is 5.91 Å². The fraction of sp³-hybridized carbons (Fsp3) is 0.357. The van der Waals surface area contributed by atoms with Crippen LogP contribution in [0.4, 0.5) is 11.4 Å². The number of amides is 1. The fourth-order valence-electron chi connectivity index (χ4n) is 2.08. The number of aliphatic imine (C=N–C) groups is 1. The number of thioether (sulfide) groups is 1. The smallest absolute Gasteiger partial charge is 0.226 e. The van der Waals surface area contributed by atoms with E-state index in [1.54, 1.807) is 0 Å². The standard InChI is InChI=1S/C14H16N4OS/c1-20-14(16-10-15)17-11-5-7-12(8-6-11)18-9-3-2-4-13(18)19/h5-8H,2-4,9H2,1H3,(H,16,17). The van der Waals surface area contributed by atoms with Crippen molar-refractivity contribution in [2.75, 3.05) is 17.7 Å². The van der Waals surface area contributed by atoms with Gasteiger partial charge in [-0.15, -0.1) is 0 Å². The first-order chi connectivity index (χ1) is 9.74. The van der Waals surface area contributed by atoms with Crippen molar-refractivity contribution < 1.29 is 4.79 Å². The van der Waals surface area contributed by atoms with E-state index in [2.05, 4.69) is 10.3 Å². The third kappa shape index (κ3) is 3.52. The zero-order valence-corrected chi connectivity index (χ0v) is 12.1. The molecule has 104 valence electrons. The Bertz CT molecular complexity index is 547. The molecule has 1 amide bonds. The van der Waals surface area contributed by atoms with Gasteiger partial charge in [-0.05, 0) is 43.4 Å². The van der Waals surface area contributed by atoms with Crippen molar-refractivity contribution in [3.8, 4) is 6.19 Å². The molecule has 0 bridgehead atoms. The molecular weight excluding hydrogens is 272 g/mol. The number of hydrogen-bond donors (Lipinski definition) is 1. The minimum Gasteiger partial charge on any atom is -0.312 e. The topological polar surface area (TPSA) is 68.5 Å². The highest BCUT2D eigenvalue weighted by molar-refractivity contribution is 8.13. The van der Waals surface area contributed by atoms with E-state index in [0.29, 0.717) is 11.6 Å². The number of piperidine rings is 1. The monoisotopic (exact) mass is 288 g/mol. The van der Waals surface area contributed by atoms with Gasteiger partial charge >= 0.3 is 0 Å². The van der Waals surface area contributed by atoms with E-state index in [4.69, 9.17) is 5.26 Å². The second-order valence-electron chi connectivity index (χ2n) is 4.38. The minimum absolute atomic E-state index is 0.184. The van der Waals surface area contributed by atoms with Crippen molar-refractivity contribution in [2.45, 2.75) is 19.3 Å². The van der Waals surface area contributed by atoms with Crippen LogP contribution in [0.15, 0.2) is 29.3 Å². The average molecular weight is 288 g/mol. The molecule has 1 aliphatic rings. The second kappa shape index (κ2) is 6.96. The Kier molecular flexibility index (Phi) is 5.02. The SMILES string of the molecule is CSC(=Nc1ccc(N2CCCCC2=O)cc1)NC#N. The molecule has 0 unspecified atom stereocenters. The Morgan fingerprint density at radius 3 is 2.75 bits per heavy atom. The van der Waals surface area contributed by atoms with Gasteiger partial charge in [0.25, 0.3) is 0 Å². The minimum atomic E-state index is 0.184. The highest BCUT2D eigenvalue weighted by atomic mass is 32.2. The van der Waals surface area contributed by atoms with Crippen LogP contribution in [-0.4, -0.2) is 23.9 Å². The van der Waals surface area contributed by atoms with Crippen molar-refractivity contribution in [3.05, 3.63) is 24.3 Å². The Morgan fingerprint density at radius 1 is 1.40 bits per heavy atom. The van der Waals surface area contributed by atoms with Crippen LogP contribution in [0.3, 0.4) is 0 Å². The van der Waals surface area contributed by atoms with Gasteiger partial charge in [-0.2, -0.15) is 5.26 Å². The summed E-state index contributed by atoms with van der Waals surface area (Å²) in [5, 5.41) is 11.7. The van der Waals surface area contributed by atoms with E-state index in [1.165, 1.54) is 11.8 Å². The maximum absolute atomic E-state index is 11.8. The van der Waals surface area contributed by atoms with Crippen LogP contribution >= 0.6 is 11.8 Å². The predicted octanol–water partition coefficient (Wildman–Crippen LogP) is 2.62. The fourth-order valence-corrected chi connectivity index (χ4v) is 2.42. The van der Waals surface area contributed by atoms with Crippen LogP contribution in [0.1, 0.15) is 19.3 Å². The van der Waals surface area contributed by atoms with Gasteiger partial charge in [0, 0.05) is 18.7 Å². The molecule has 0 aliphatic carbocycles. The number of nitrogens with zero attached hydrogens (tertiary/aromatic N) is 3. The largest absolute Gasteiger partial charge is 0.312 e. The van der Waals surface area contributed by atoms with Gasteiger partial charge in [-0.1, -0.05) is 11.8 Å². The zero-order valence-electron chi connectivity index (χ0n) is 11.3. The Labute approximate surface area is 122 Å². The first-order valence-electron chi connectivity index (χ1n) is 6.43. The maximum atomic E-state index is 11.8. The number of rotatable bonds is 2. The molecule has 0 radical (unpaired) electrons. The molecule has 1 N–H and O–H groups in total. The molecule has 1 fully saturated rings. The van der Waals surface area contributed by atoms with Crippen LogP contribution in [0.25, 0.3) is 0 Å². The molecule has 0 atom stereocenters. The number of nitriles is 1. The first-order valence-corrected chi connectivity index (χ1v) is 7.65. The molecule has 1 saturated heterocycles. The number of amidine groups is 1. The summed E-state index contributed by atoms with van der Waals surface area (Å²) in [4.78, 5) is 18.0. The summed E-state index contributed by atoms with van der Waals surface area (Å²) in [5.74, 6) is 0.184. The summed E-state index contributed by atoms with van der Waals surface area (Å²) in [6.07, 6.45) is 6.36. The molecule has 0 spiro atoms. The molecule has 2 rings (SSSR count). The van der Waals surface area contributed by atoms with Crippen molar-refractivity contribution in [1.29, 1.82) is 5.26 Å². The second-order valence-corrected chi connectivity index (χ2v) is 5.17. The van der Waals surface area contributed by atoms with Gasteiger partial charge in [0.05, 0.1) is 5.69 Å². The number of nitrogens with one attached hydrogen (secondary N) is 1. The van der Waals surface area contributed by atoms with E-state index >= 15 is 0 Å². The number of carbonyl (C=O) groups excluding carboxylic acids is 1. The normalized spacial score (nSPS) is 15.9. The van der Waals surface area contributed by atoms with Gasteiger partial charge in [0.15, 0.2) is 11.4 Å². The Morgan fingerprint density at radius 2 is 2.15 bits per heavy atom. The summed E-state index contributed by atoms with van der Waals surface area (Å²) in [6.45, 7) is 0.785. The molecule has 6 heteroatoms. The first kappa shape index (κ1) is 14.4. The van der Waals surface area contributed by atoms with Gasteiger partial charge in [-0.25, -0.2) is 4.99 Å². The van der Waals surface area contributed by atoms with Gasteiger partial charge < -0.3 is 4.90 Å². The van der Waals surface area contributed by atoms with Crippen LogP contribution in [-0.2, 0) is 4.79 Å². The summed E-state index contributed by atoms with van der Waals surface area (Å²) in [6, 6.07) is 7.50.